The second-order valence-corrected chi connectivity index (χ2v) is 17.2. The highest BCUT2D eigenvalue weighted by atomic mass is 32.2. The summed E-state index contributed by atoms with van der Waals surface area (Å²) in [5.74, 6) is -2.06. The Balaban J connectivity index is 2.48. The maximum Gasteiger partial charge on any atom is 0.306 e. The Kier molecular flexibility index (Phi) is 35.1. The minimum absolute atomic E-state index is 0.117. The zero-order valence-corrected chi connectivity index (χ0v) is 38.5. The molecule has 1 fully saturated rings. The highest BCUT2D eigenvalue weighted by Gasteiger charge is 2.46. The summed E-state index contributed by atoms with van der Waals surface area (Å²) in [4.78, 5) is 25.4. The zero-order valence-electron chi connectivity index (χ0n) is 37.7. The van der Waals surface area contributed by atoms with Crippen LogP contribution in [0.3, 0.4) is 0 Å². The van der Waals surface area contributed by atoms with Crippen LogP contribution in [0.25, 0.3) is 0 Å². The number of aliphatic hydroxyl groups excluding tert-OH is 3. The molecule has 0 bridgehead atoms. The van der Waals surface area contributed by atoms with E-state index in [4.69, 9.17) is 18.9 Å². The van der Waals surface area contributed by atoms with Crippen molar-refractivity contribution < 1.29 is 56.8 Å². The fraction of sp³-hybridized carbons (Fsp3) is 0.673. The summed E-state index contributed by atoms with van der Waals surface area (Å²) in [5.41, 5.74) is 0. The lowest BCUT2D eigenvalue weighted by Crippen LogP contribution is -2.60. The third-order valence-electron chi connectivity index (χ3n) is 9.96. The fourth-order valence-electron chi connectivity index (χ4n) is 6.38. The summed E-state index contributed by atoms with van der Waals surface area (Å²) in [6.45, 7) is 3.57. The predicted octanol–water partition coefficient (Wildman–Crippen LogP) is 9.67. The summed E-state index contributed by atoms with van der Waals surface area (Å²) >= 11 is 0. The Bertz CT molecular complexity index is 1460. The first-order chi connectivity index (χ1) is 30.0. The fourth-order valence-corrected chi connectivity index (χ4v) is 7.07. The van der Waals surface area contributed by atoms with E-state index in [0.717, 1.165) is 96.3 Å². The Morgan fingerprint density at radius 2 is 1.02 bits per heavy atom. The molecule has 62 heavy (non-hydrogen) atoms. The number of unbranched alkanes of at least 4 members (excludes halogenated alkanes) is 11. The summed E-state index contributed by atoms with van der Waals surface area (Å²) in [6, 6.07) is 0. The van der Waals surface area contributed by atoms with Crippen LogP contribution in [0.5, 0.6) is 0 Å². The molecule has 6 unspecified atom stereocenters. The van der Waals surface area contributed by atoms with E-state index in [0.29, 0.717) is 12.8 Å². The molecule has 0 spiro atoms. The average Bonchev–Trinajstić information content (AvgIpc) is 3.24. The highest BCUT2D eigenvalue weighted by Crippen LogP contribution is 2.24. The van der Waals surface area contributed by atoms with Crippen molar-refractivity contribution in [2.75, 3.05) is 19.0 Å². The van der Waals surface area contributed by atoms with Crippen molar-refractivity contribution in [3.05, 3.63) is 85.1 Å². The number of aliphatic hydroxyl groups is 3. The second-order valence-electron chi connectivity index (χ2n) is 15.7. The Morgan fingerprint density at radius 1 is 0.565 bits per heavy atom. The lowest BCUT2D eigenvalue weighted by atomic mass is 10.00. The van der Waals surface area contributed by atoms with Crippen LogP contribution in [0.4, 0.5) is 0 Å². The maximum absolute atomic E-state index is 12.8. The van der Waals surface area contributed by atoms with Gasteiger partial charge in [0.25, 0.3) is 10.1 Å². The molecular weight excluding hydrogens is 813 g/mol. The van der Waals surface area contributed by atoms with Crippen molar-refractivity contribution in [1.82, 2.24) is 0 Å². The average molecular weight is 893 g/mol. The molecule has 1 saturated heterocycles. The van der Waals surface area contributed by atoms with Gasteiger partial charge in [-0.1, -0.05) is 137 Å². The number of carbonyl (C=O) groups excluding carboxylic acids is 2. The zero-order chi connectivity index (χ0) is 45.5. The number of esters is 2. The van der Waals surface area contributed by atoms with Crippen molar-refractivity contribution in [2.45, 2.75) is 192 Å². The third-order valence-corrected chi connectivity index (χ3v) is 10.7. The van der Waals surface area contributed by atoms with Crippen molar-refractivity contribution >= 4 is 22.1 Å². The van der Waals surface area contributed by atoms with Crippen molar-refractivity contribution in [1.29, 1.82) is 0 Å². The Hall–Kier alpha value is -3.17. The van der Waals surface area contributed by atoms with Gasteiger partial charge in [0.2, 0.25) is 0 Å². The van der Waals surface area contributed by atoms with Gasteiger partial charge in [-0.2, -0.15) is 8.42 Å². The number of allylic oxidation sites excluding steroid dienone is 14. The molecule has 1 aliphatic heterocycles. The third kappa shape index (κ3) is 32.5. The minimum atomic E-state index is -4.61. The first-order valence-electron chi connectivity index (χ1n) is 23.1. The van der Waals surface area contributed by atoms with E-state index in [9.17, 15) is 37.9 Å². The molecule has 0 aromatic heterocycles. The summed E-state index contributed by atoms with van der Waals surface area (Å²) < 4.78 is 54.1. The molecule has 1 aliphatic rings. The first kappa shape index (κ1) is 56.8. The van der Waals surface area contributed by atoms with Gasteiger partial charge in [0.1, 0.15) is 36.8 Å². The summed E-state index contributed by atoms with van der Waals surface area (Å²) in [7, 11) is -4.61. The molecule has 0 amide bonds. The number of hydrogen-bond acceptors (Lipinski definition) is 11. The molecule has 12 nitrogen and oxygen atoms in total. The molecular formula is C49H80O12S. The molecule has 0 aliphatic carbocycles. The van der Waals surface area contributed by atoms with Gasteiger partial charge >= 0.3 is 11.9 Å². The van der Waals surface area contributed by atoms with E-state index < -0.39 is 71.2 Å². The van der Waals surface area contributed by atoms with Crippen LogP contribution in [0.1, 0.15) is 155 Å². The monoisotopic (exact) mass is 893 g/mol. The number of ether oxygens (including phenoxy) is 4. The van der Waals surface area contributed by atoms with Crippen LogP contribution < -0.4 is 0 Å². The van der Waals surface area contributed by atoms with Crippen molar-refractivity contribution in [2.24, 2.45) is 0 Å². The summed E-state index contributed by atoms with van der Waals surface area (Å²) in [5, 5.41) is 30.9. The molecule has 0 saturated carbocycles. The van der Waals surface area contributed by atoms with E-state index in [1.54, 1.807) is 0 Å². The molecule has 354 valence electrons. The van der Waals surface area contributed by atoms with Gasteiger partial charge in [0.15, 0.2) is 12.4 Å². The highest BCUT2D eigenvalue weighted by molar-refractivity contribution is 7.85. The van der Waals surface area contributed by atoms with E-state index >= 15 is 0 Å². The van der Waals surface area contributed by atoms with Gasteiger partial charge in [0.05, 0.1) is 6.61 Å². The lowest BCUT2D eigenvalue weighted by molar-refractivity contribution is -0.297. The van der Waals surface area contributed by atoms with Gasteiger partial charge in [-0.15, -0.1) is 0 Å². The molecule has 6 atom stereocenters. The quantitative estimate of drug-likeness (QED) is 0.0201. The molecule has 4 N–H and O–H groups in total. The first-order valence-corrected chi connectivity index (χ1v) is 24.8. The number of carbonyl (C=O) groups is 2. The van der Waals surface area contributed by atoms with Crippen LogP contribution in [0, 0.1) is 0 Å². The van der Waals surface area contributed by atoms with Gasteiger partial charge in [0, 0.05) is 12.8 Å². The Morgan fingerprint density at radius 3 is 1.53 bits per heavy atom. The molecule has 1 rings (SSSR count). The smallest absolute Gasteiger partial charge is 0.306 e. The standard InChI is InChI=1S/C49H80O12S/c1-3-5-7-9-11-13-15-17-19-20-21-22-24-26-28-30-32-34-36-38-45(51)60-42(40-59-49-48(54)47(53)46(52)43(61-49)41-62(55,56)57)39-58-44(50)37-35-33-31-29-27-25-23-18-16-14-12-10-8-6-4-2/h5,7,11-14,17-19,21-23,26,28,42-43,46-49,52-54H,3-4,6,8-10,15-16,20,24-25,27,29-41H2,1-2H3,(H,55,56,57)/b7-5-,13-11-,14-12-,19-17-,22-21-,23-18-,28-26-. The number of hydrogen-bond donors (Lipinski definition) is 4. The predicted molar refractivity (Wildman–Crippen MR) is 247 cm³/mol. The summed E-state index contributed by atoms with van der Waals surface area (Å²) in [6.07, 6.45) is 40.5. The molecule has 13 heteroatoms. The lowest BCUT2D eigenvalue weighted by Gasteiger charge is -2.40. The van der Waals surface area contributed by atoms with Crippen molar-refractivity contribution in [3.63, 3.8) is 0 Å². The van der Waals surface area contributed by atoms with Gasteiger partial charge in [-0.3, -0.25) is 14.1 Å². The van der Waals surface area contributed by atoms with E-state index in [-0.39, 0.29) is 19.4 Å². The van der Waals surface area contributed by atoms with Gasteiger partial charge in [-0.25, -0.2) is 0 Å². The molecule has 1 heterocycles. The van der Waals surface area contributed by atoms with Gasteiger partial charge in [-0.05, 0) is 89.9 Å². The van der Waals surface area contributed by atoms with Crippen LogP contribution in [0.15, 0.2) is 85.1 Å². The normalized spacial score (nSPS) is 20.6. The maximum atomic E-state index is 12.8. The SMILES string of the molecule is CC/C=C\C/C=C\C/C=C\C/C=C\C/C=C\CCCCCC(=O)OC(COC(=O)CCCCCCC/C=C\C/C=C\CCCCC)COC1OC(CS(=O)(=O)O)C(O)C(O)C1O. The van der Waals surface area contributed by atoms with Gasteiger partial charge < -0.3 is 34.3 Å². The molecule has 0 radical (unpaired) electrons. The van der Waals surface area contributed by atoms with Crippen LogP contribution in [-0.2, 0) is 38.7 Å². The van der Waals surface area contributed by atoms with Crippen LogP contribution >= 0.6 is 0 Å². The van der Waals surface area contributed by atoms with Crippen LogP contribution in [-0.4, -0.2) is 96.0 Å². The minimum Gasteiger partial charge on any atom is -0.462 e. The molecule has 0 aromatic carbocycles. The topological polar surface area (TPSA) is 186 Å². The van der Waals surface area contributed by atoms with Crippen LogP contribution in [0.2, 0.25) is 0 Å². The van der Waals surface area contributed by atoms with E-state index in [1.165, 1.54) is 19.3 Å². The Labute approximate surface area is 373 Å². The largest absolute Gasteiger partial charge is 0.462 e. The number of rotatable bonds is 37. The van der Waals surface area contributed by atoms with Crippen molar-refractivity contribution in [3.8, 4) is 0 Å². The van der Waals surface area contributed by atoms with E-state index in [2.05, 4.69) is 98.9 Å². The molecule has 0 aromatic rings. The van der Waals surface area contributed by atoms with E-state index in [1.807, 2.05) is 0 Å². The second kappa shape index (κ2) is 38.3.